The number of nitro groups is 1. The van der Waals surface area contributed by atoms with E-state index >= 15 is 0 Å². The second-order valence-electron chi connectivity index (χ2n) is 4.66. The molecule has 1 heterocycles. The highest BCUT2D eigenvalue weighted by Gasteiger charge is 2.25. The number of hydrogen-bond donors (Lipinski definition) is 2. The van der Waals surface area contributed by atoms with E-state index in [2.05, 4.69) is 5.32 Å². The summed E-state index contributed by atoms with van der Waals surface area (Å²) in [4.78, 5) is 23.0. The van der Waals surface area contributed by atoms with Gasteiger partial charge in [-0.3, -0.25) is 10.1 Å². The van der Waals surface area contributed by atoms with E-state index in [1.54, 1.807) is 0 Å². The first-order chi connectivity index (χ1) is 9.47. The number of rotatable bonds is 3. The summed E-state index contributed by atoms with van der Waals surface area (Å²) in [6, 6.07) is 2.94. The maximum atomic E-state index is 13.1. The van der Waals surface area contributed by atoms with Gasteiger partial charge in [0.2, 0.25) is 0 Å². The number of carbonyl (C=O) groups excluding carboxylic acids is 1. The molecule has 0 atom stereocenters. The third-order valence-corrected chi connectivity index (χ3v) is 3.32. The Bertz CT molecular complexity index is 529. The van der Waals surface area contributed by atoms with Crippen molar-refractivity contribution in [2.24, 2.45) is 5.73 Å². The van der Waals surface area contributed by atoms with Crippen LogP contribution in [0.3, 0.4) is 0 Å². The van der Waals surface area contributed by atoms with Gasteiger partial charge in [0.15, 0.2) is 0 Å². The Morgan fingerprint density at radius 1 is 1.45 bits per heavy atom. The van der Waals surface area contributed by atoms with Crippen LogP contribution in [0.15, 0.2) is 18.2 Å². The summed E-state index contributed by atoms with van der Waals surface area (Å²) in [6.45, 7) is 1.08. The first kappa shape index (κ1) is 14.0. The summed E-state index contributed by atoms with van der Waals surface area (Å²) < 4.78 is 13.1. The monoisotopic (exact) mass is 282 g/mol. The number of benzene rings is 1. The highest BCUT2D eigenvalue weighted by atomic mass is 19.1. The fourth-order valence-electron chi connectivity index (χ4n) is 2.38. The topological polar surface area (TPSA) is 102 Å². The van der Waals surface area contributed by atoms with E-state index in [4.69, 9.17) is 5.73 Å². The van der Waals surface area contributed by atoms with Crippen molar-refractivity contribution in [3.05, 3.63) is 34.1 Å². The predicted octanol–water partition coefficient (Wildman–Crippen LogP) is 1.37. The van der Waals surface area contributed by atoms with Crippen LogP contribution in [0.25, 0.3) is 0 Å². The minimum atomic E-state index is -0.634. The van der Waals surface area contributed by atoms with Gasteiger partial charge in [-0.15, -0.1) is 0 Å². The molecule has 2 rings (SSSR count). The minimum absolute atomic E-state index is 0.0248. The van der Waals surface area contributed by atoms with E-state index in [1.807, 2.05) is 4.90 Å². The number of nitrogens with two attached hydrogens (primary N) is 1. The molecule has 20 heavy (non-hydrogen) atoms. The van der Waals surface area contributed by atoms with Crippen molar-refractivity contribution in [2.45, 2.75) is 18.9 Å². The molecule has 1 aliphatic heterocycles. The highest BCUT2D eigenvalue weighted by Crippen LogP contribution is 2.30. The summed E-state index contributed by atoms with van der Waals surface area (Å²) in [6.07, 6.45) is 1.27. The molecule has 8 heteroatoms. The third kappa shape index (κ3) is 3.14. The summed E-state index contributed by atoms with van der Waals surface area (Å²) >= 11 is 0. The van der Waals surface area contributed by atoms with Gasteiger partial charge in [0.1, 0.15) is 11.5 Å². The first-order valence-corrected chi connectivity index (χ1v) is 6.22. The lowest BCUT2D eigenvalue weighted by Gasteiger charge is -2.33. The first-order valence-electron chi connectivity index (χ1n) is 6.22. The molecule has 3 N–H and O–H groups in total. The van der Waals surface area contributed by atoms with Gasteiger partial charge < -0.3 is 16.0 Å². The van der Waals surface area contributed by atoms with Crippen LogP contribution in [0.2, 0.25) is 0 Å². The molecule has 0 aliphatic carbocycles. The molecule has 0 unspecified atom stereocenters. The average Bonchev–Trinajstić information content (AvgIpc) is 2.39. The lowest BCUT2D eigenvalue weighted by atomic mass is 10.0. The Labute approximate surface area is 114 Å². The van der Waals surface area contributed by atoms with Gasteiger partial charge >= 0.3 is 6.03 Å². The molecule has 7 nitrogen and oxygen atoms in total. The highest BCUT2D eigenvalue weighted by molar-refractivity contribution is 5.72. The van der Waals surface area contributed by atoms with E-state index in [9.17, 15) is 19.3 Å². The van der Waals surface area contributed by atoms with Crippen molar-refractivity contribution in [3.63, 3.8) is 0 Å². The molecule has 1 aromatic rings. The van der Waals surface area contributed by atoms with E-state index in [0.29, 0.717) is 31.6 Å². The number of urea groups is 1. The van der Waals surface area contributed by atoms with Gasteiger partial charge in [-0.05, 0) is 25.0 Å². The molecule has 0 radical (unpaired) electrons. The van der Waals surface area contributed by atoms with Crippen LogP contribution in [-0.2, 0) is 0 Å². The van der Waals surface area contributed by atoms with Gasteiger partial charge in [-0.25, -0.2) is 9.18 Å². The molecule has 1 fully saturated rings. The zero-order valence-corrected chi connectivity index (χ0v) is 10.7. The second kappa shape index (κ2) is 5.72. The number of nitro benzene ring substituents is 1. The van der Waals surface area contributed by atoms with E-state index < -0.39 is 16.8 Å². The SMILES string of the molecule is NC(=O)NC1CCN(c2ccc(F)cc2[N+](=O)[O-])CC1. The number of hydrogen-bond acceptors (Lipinski definition) is 4. The van der Waals surface area contributed by atoms with Gasteiger partial charge in [0, 0.05) is 19.1 Å². The molecule has 2 amide bonds. The van der Waals surface area contributed by atoms with Gasteiger partial charge in [-0.2, -0.15) is 0 Å². The molecule has 1 aliphatic rings. The molecule has 1 saturated heterocycles. The fraction of sp³-hybridized carbons (Fsp3) is 0.417. The molecular formula is C12H15FN4O3. The molecule has 0 saturated carbocycles. The predicted molar refractivity (Wildman–Crippen MR) is 71.0 cm³/mol. The van der Waals surface area contributed by atoms with E-state index in [-0.39, 0.29) is 11.7 Å². The third-order valence-electron chi connectivity index (χ3n) is 3.32. The van der Waals surface area contributed by atoms with Crippen LogP contribution in [-0.4, -0.2) is 30.1 Å². The smallest absolute Gasteiger partial charge is 0.312 e. The van der Waals surface area contributed by atoms with Gasteiger partial charge in [0.25, 0.3) is 5.69 Å². The maximum absolute atomic E-state index is 13.1. The standard InChI is InChI=1S/C12H15FN4O3/c13-8-1-2-10(11(7-8)17(19)20)16-5-3-9(4-6-16)15-12(14)18/h1-2,7,9H,3-6H2,(H3,14,15,18). The van der Waals surface area contributed by atoms with Crippen molar-refractivity contribution >= 4 is 17.4 Å². The Kier molecular flexibility index (Phi) is 4.02. The molecule has 108 valence electrons. The Balaban J connectivity index is 2.11. The normalized spacial score (nSPS) is 15.9. The largest absolute Gasteiger partial charge is 0.366 e. The Morgan fingerprint density at radius 2 is 2.10 bits per heavy atom. The van der Waals surface area contributed by atoms with Crippen LogP contribution in [0.5, 0.6) is 0 Å². The summed E-state index contributed by atoms with van der Waals surface area (Å²) in [5.74, 6) is -0.634. The molecule has 0 bridgehead atoms. The van der Waals surface area contributed by atoms with E-state index in [0.717, 1.165) is 6.07 Å². The molecular weight excluding hydrogens is 267 g/mol. The van der Waals surface area contributed by atoms with Crippen LogP contribution in [0.1, 0.15) is 12.8 Å². The van der Waals surface area contributed by atoms with Crippen molar-refractivity contribution in [3.8, 4) is 0 Å². The number of halogens is 1. The maximum Gasteiger partial charge on any atom is 0.312 e. The van der Waals surface area contributed by atoms with Crippen molar-refractivity contribution < 1.29 is 14.1 Å². The molecule has 0 aromatic heterocycles. The number of nitrogens with one attached hydrogen (secondary N) is 1. The number of amides is 2. The number of primary amides is 1. The van der Waals surface area contributed by atoms with Crippen molar-refractivity contribution in [1.29, 1.82) is 0 Å². The zero-order chi connectivity index (χ0) is 14.7. The Morgan fingerprint density at radius 3 is 2.65 bits per heavy atom. The lowest BCUT2D eigenvalue weighted by molar-refractivity contribution is -0.384. The number of anilines is 1. The van der Waals surface area contributed by atoms with Crippen LogP contribution in [0, 0.1) is 15.9 Å². The Hall–Kier alpha value is -2.38. The summed E-state index contributed by atoms with van der Waals surface area (Å²) in [5.41, 5.74) is 5.21. The molecule has 1 aromatic carbocycles. The van der Waals surface area contributed by atoms with Crippen molar-refractivity contribution in [2.75, 3.05) is 18.0 Å². The second-order valence-corrected chi connectivity index (χ2v) is 4.66. The number of piperidine rings is 1. The van der Waals surface area contributed by atoms with Crippen LogP contribution >= 0.6 is 0 Å². The number of carbonyl (C=O) groups is 1. The summed E-state index contributed by atoms with van der Waals surface area (Å²) in [7, 11) is 0. The van der Waals surface area contributed by atoms with Crippen molar-refractivity contribution in [1.82, 2.24) is 5.32 Å². The fourth-order valence-corrected chi connectivity index (χ4v) is 2.38. The van der Waals surface area contributed by atoms with Crippen LogP contribution < -0.4 is 16.0 Å². The minimum Gasteiger partial charge on any atom is -0.366 e. The summed E-state index contributed by atoms with van der Waals surface area (Å²) in [5, 5.41) is 13.6. The number of nitrogens with zero attached hydrogens (tertiary/aromatic N) is 2. The van der Waals surface area contributed by atoms with Crippen LogP contribution in [0.4, 0.5) is 20.6 Å². The quantitative estimate of drug-likeness (QED) is 0.645. The lowest BCUT2D eigenvalue weighted by Crippen LogP contribution is -2.46. The van der Waals surface area contributed by atoms with Gasteiger partial charge in [0.05, 0.1) is 11.0 Å². The zero-order valence-electron chi connectivity index (χ0n) is 10.7. The average molecular weight is 282 g/mol. The van der Waals surface area contributed by atoms with Gasteiger partial charge in [-0.1, -0.05) is 0 Å². The van der Waals surface area contributed by atoms with E-state index in [1.165, 1.54) is 12.1 Å². The molecule has 0 spiro atoms.